The fourth-order valence-electron chi connectivity index (χ4n) is 3.90. The molecule has 1 aromatic carbocycles. The highest BCUT2D eigenvalue weighted by Crippen LogP contribution is 2.30. The molecule has 25 heavy (non-hydrogen) atoms. The Balaban J connectivity index is 1.54. The van der Waals surface area contributed by atoms with Gasteiger partial charge in [0.25, 0.3) is 5.56 Å². The van der Waals surface area contributed by atoms with E-state index in [1.807, 2.05) is 23.1 Å². The van der Waals surface area contributed by atoms with Gasteiger partial charge in [0.2, 0.25) is 5.91 Å². The number of para-hydroxylation sites is 1. The average molecular weight is 338 g/mol. The van der Waals surface area contributed by atoms with Crippen molar-refractivity contribution in [2.45, 2.75) is 25.7 Å². The van der Waals surface area contributed by atoms with Gasteiger partial charge in [-0.25, -0.2) is 4.98 Å². The monoisotopic (exact) mass is 338 g/mol. The van der Waals surface area contributed by atoms with Gasteiger partial charge >= 0.3 is 0 Å². The summed E-state index contributed by atoms with van der Waals surface area (Å²) < 4.78 is 0. The van der Waals surface area contributed by atoms with Crippen LogP contribution in [0, 0.1) is 5.92 Å². The van der Waals surface area contributed by atoms with Gasteiger partial charge in [0.05, 0.1) is 12.2 Å². The summed E-state index contributed by atoms with van der Waals surface area (Å²) in [4.78, 5) is 35.5. The van der Waals surface area contributed by atoms with Gasteiger partial charge in [-0.3, -0.25) is 9.59 Å². The van der Waals surface area contributed by atoms with Crippen molar-refractivity contribution in [3.05, 3.63) is 52.6 Å². The van der Waals surface area contributed by atoms with Crippen LogP contribution in [0.4, 0.5) is 11.5 Å². The number of hydrogen-bond acceptors (Lipinski definition) is 4. The fourth-order valence-corrected chi connectivity index (χ4v) is 3.90. The summed E-state index contributed by atoms with van der Waals surface area (Å²) >= 11 is 0. The Morgan fingerprint density at radius 1 is 1.20 bits per heavy atom. The van der Waals surface area contributed by atoms with Gasteiger partial charge in [-0.15, -0.1) is 0 Å². The molecule has 1 unspecified atom stereocenters. The van der Waals surface area contributed by atoms with E-state index < -0.39 is 0 Å². The molecule has 1 atom stereocenters. The van der Waals surface area contributed by atoms with E-state index in [4.69, 9.17) is 0 Å². The zero-order valence-corrected chi connectivity index (χ0v) is 14.1. The number of carbonyl (C=O) groups excluding carboxylic acids is 1. The molecule has 6 heteroatoms. The molecule has 1 saturated heterocycles. The molecule has 0 spiro atoms. The maximum Gasteiger partial charge on any atom is 0.252 e. The van der Waals surface area contributed by atoms with Gasteiger partial charge in [-0.05, 0) is 37.3 Å². The molecular weight excluding hydrogens is 316 g/mol. The molecule has 0 saturated carbocycles. The minimum Gasteiger partial charge on any atom is -0.356 e. The highest BCUT2D eigenvalue weighted by Gasteiger charge is 2.32. The lowest BCUT2D eigenvalue weighted by atomic mass is 9.94. The van der Waals surface area contributed by atoms with Crippen LogP contribution in [0.2, 0.25) is 0 Å². The Hall–Kier alpha value is -2.63. The second-order valence-corrected chi connectivity index (χ2v) is 6.78. The van der Waals surface area contributed by atoms with E-state index in [0.29, 0.717) is 12.4 Å². The molecule has 0 radical (unpaired) electrons. The molecule has 0 aliphatic carbocycles. The standard InChI is InChI=1S/C19H22N4O2/c24-18-11-17(20-13-21-18)22-9-3-7-15(12-22)19(25)23-10-4-6-14-5-1-2-8-16(14)23/h1-2,5,8,11,13,15H,3-4,6-7,9-10,12H2,(H,20,21,24). The zero-order chi connectivity index (χ0) is 17.2. The summed E-state index contributed by atoms with van der Waals surface area (Å²) in [5, 5.41) is 0. The number of rotatable bonds is 2. The molecule has 1 aromatic heterocycles. The van der Waals surface area contributed by atoms with E-state index in [1.54, 1.807) is 0 Å². The van der Waals surface area contributed by atoms with Gasteiger partial charge in [-0.1, -0.05) is 18.2 Å². The number of anilines is 2. The number of hydrogen-bond donors (Lipinski definition) is 1. The van der Waals surface area contributed by atoms with E-state index in [9.17, 15) is 9.59 Å². The van der Waals surface area contributed by atoms with Gasteiger partial charge in [0, 0.05) is 31.4 Å². The Kier molecular flexibility index (Phi) is 4.26. The fraction of sp³-hybridized carbons (Fsp3) is 0.421. The maximum absolute atomic E-state index is 13.2. The molecular formula is C19H22N4O2. The molecule has 2 aliphatic rings. The Morgan fingerprint density at radius 2 is 2.08 bits per heavy atom. The zero-order valence-electron chi connectivity index (χ0n) is 14.1. The van der Waals surface area contributed by atoms with Crippen LogP contribution in [0.25, 0.3) is 0 Å². The van der Waals surface area contributed by atoms with Crippen molar-refractivity contribution in [1.82, 2.24) is 9.97 Å². The van der Waals surface area contributed by atoms with Crippen LogP contribution in [-0.4, -0.2) is 35.5 Å². The lowest BCUT2D eigenvalue weighted by Crippen LogP contribution is -2.46. The van der Waals surface area contributed by atoms with Crippen LogP contribution in [0.3, 0.4) is 0 Å². The lowest BCUT2D eigenvalue weighted by molar-refractivity contribution is -0.122. The number of benzene rings is 1. The number of fused-ring (bicyclic) bond motifs is 1. The lowest BCUT2D eigenvalue weighted by Gasteiger charge is -2.37. The second-order valence-electron chi connectivity index (χ2n) is 6.78. The smallest absolute Gasteiger partial charge is 0.252 e. The Bertz CT molecular complexity index is 832. The third-order valence-electron chi connectivity index (χ3n) is 5.13. The van der Waals surface area contributed by atoms with E-state index >= 15 is 0 Å². The molecule has 4 rings (SSSR count). The van der Waals surface area contributed by atoms with Crippen molar-refractivity contribution in [3.63, 3.8) is 0 Å². The predicted octanol–water partition coefficient (Wildman–Crippen LogP) is 1.97. The van der Waals surface area contributed by atoms with Crippen LogP contribution in [0.5, 0.6) is 0 Å². The van der Waals surface area contributed by atoms with E-state index in [2.05, 4.69) is 20.9 Å². The summed E-state index contributed by atoms with van der Waals surface area (Å²) in [6.45, 7) is 2.24. The van der Waals surface area contributed by atoms with Crippen molar-refractivity contribution in [2.75, 3.05) is 29.4 Å². The van der Waals surface area contributed by atoms with Gasteiger partial charge in [-0.2, -0.15) is 0 Å². The number of aromatic nitrogens is 2. The SMILES string of the molecule is O=C(C1CCCN(c2cc(=O)[nH]cn2)C1)N1CCCc2ccccc21. The van der Waals surface area contributed by atoms with E-state index in [0.717, 1.165) is 44.5 Å². The molecule has 1 amide bonds. The largest absolute Gasteiger partial charge is 0.356 e. The molecule has 0 bridgehead atoms. The second kappa shape index (κ2) is 6.70. The number of nitrogens with one attached hydrogen (secondary N) is 1. The van der Waals surface area contributed by atoms with Crippen LogP contribution < -0.4 is 15.4 Å². The summed E-state index contributed by atoms with van der Waals surface area (Å²) in [6.07, 6.45) is 5.28. The number of piperidine rings is 1. The molecule has 2 aliphatic heterocycles. The van der Waals surface area contributed by atoms with Gasteiger partial charge in [0.15, 0.2) is 0 Å². The normalized spacial score (nSPS) is 20.2. The molecule has 6 nitrogen and oxygen atoms in total. The van der Waals surface area contributed by atoms with Gasteiger partial charge < -0.3 is 14.8 Å². The quantitative estimate of drug-likeness (QED) is 0.909. The number of aromatic amines is 1. The molecule has 2 aromatic rings. The molecule has 1 fully saturated rings. The topological polar surface area (TPSA) is 69.3 Å². The van der Waals surface area contributed by atoms with Crippen molar-refractivity contribution in [1.29, 1.82) is 0 Å². The van der Waals surface area contributed by atoms with Gasteiger partial charge in [0.1, 0.15) is 5.82 Å². The first kappa shape index (κ1) is 15.9. The average Bonchev–Trinajstić information content (AvgIpc) is 2.67. The van der Waals surface area contributed by atoms with Crippen LogP contribution in [0.15, 0.2) is 41.5 Å². The molecule has 130 valence electrons. The molecule has 3 heterocycles. The first-order valence-electron chi connectivity index (χ1n) is 8.91. The van der Waals surface area contributed by atoms with Crippen LogP contribution in [0.1, 0.15) is 24.8 Å². The maximum atomic E-state index is 13.2. The Morgan fingerprint density at radius 3 is 2.96 bits per heavy atom. The number of amides is 1. The molecule has 1 N–H and O–H groups in total. The summed E-state index contributed by atoms with van der Waals surface area (Å²) in [6, 6.07) is 9.70. The van der Waals surface area contributed by atoms with Crippen LogP contribution in [-0.2, 0) is 11.2 Å². The minimum absolute atomic E-state index is 0.0546. The first-order chi connectivity index (χ1) is 12.2. The summed E-state index contributed by atoms with van der Waals surface area (Å²) in [7, 11) is 0. The van der Waals surface area contributed by atoms with Crippen molar-refractivity contribution >= 4 is 17.4 Å². The third kappa shape index (κ3) is 3.16. The van der Waals surface area contributed by atoms with E-state index in [1.165, 1.54) is 18.0 Å². The third-order valence-corrected chi connectivity index (χ3v) is 5.13. The predicted molar refractivity (Wildman–Crippen MR) is 96.9 cm³/mol. The highest BCUT2D eigenvalue weighted by molar-refractivity contribution is 5.96. The minimum atomic E-state index is -0.164. The number of H-pyrrole nitrogens is 1. The summed E-state index contributed by atoms with van der Waals surface area (Å²) in [5.41, 5.74) is 2.15. The highest BCUT2D eigenvalue weighted by atomic mass is 16.2. The van der Waals surface area contributed by atoms with Crippen molar-refractivity contribution in [3.8, 4) is 0 Å². The van der Waals surface area contributed by atoms with Crippen molar-refractivity contribution < 1.29 is 4.79 Å². The summed E-state index contributed by atoms with van der Waals surface area (Å²) in [5.74, 6) is 0.794. The number of nitrogens with zero attached hydrogens (tertiary/aromatic N) is 3. The Labute approximate surface area is 146 Å². The van der Waals surface area contributed by atoms with Crippen molar-refractivity contribution in [2.24, 2.45) is 5.92 Å². The first-order valence-corrected chi connectivity index (χ1v) is 8.91. The number of carbonyl (C=O) groups is 1. The van der Waals surface area contributed by atoms with E-state index in [-0.39, 0.29) is 17.4 Å². The number of aryl methyl sites for hydroxylation is 1. The van der Waals surface area contributed by atoms with Crippen LogP contribution >= 0.6 is 0 Å².